The van der Waals surface area contributed by atoms with Gasteiger partial charge in [-0.2, -0.15) is 0 Å². The molecule has 0 aromatic carbocycles. The Balaban J connectivity index is 2.35. The Labute approximate surface area is 69.0 Å². The van der Waals surface area contributed by atoms with Crippen LogP contribution in [-0.4, -0.2) is 41.5 Å². The molecule has 0 bridgehead atoms. The maximum Gasteiger partial charge on any atom is 0.265 e. The second kappa shape index (κ2) is 3.80. The highest BCUT2D eigenvalue weighted by atomic mass is 19.3. The Kier molecular flexibility index (Phi) is 2.97. The largest absolute Gasteiger partial charge is 0.385 e. The van der Waals surface area contributed by atoms with Crippen LogP contribution in [0.4, 0.5) is 8.78 Å². The van der Waals surface area contributed by atoms with Crippen LogP contribution in [-0.2, 0) is 4.79 Å². The number of amides is 1. The number of nitrogens with zero attached hydrogens (tertiary/aromatic N) is 1. The highest BCUT2D eigenvalue weighted by molar-refractivity contribution is 5.78. The maximum absolute atomic E-state index is 11.8. The van der Waals surface area contributed by atoms with Gasteiger partial charge < -0.3 is 10.0 Å². The molecule has 12 heavy (non-hydrogen) atoms. The zero-order valence-corrected chi connectivity index (χ0v) is 6.54. The molecule has 1 unspecified atom stereocenters. The molecular formula is C7H11F2NO2. The number of hydrogen-bond acceptors (Lipinski definition) is 2. The van der Waals surface area contributed by atoms with Gasteiger partial charge in [0.2, 0.25) is 5.91 Å². The van der Waals surface area contributed by atoms with E-state index < -0.39 is 12.5 Å². The normalized spacial score (nSPS) is 20.7. The standard InChI is InChI=1S/C7H11F2NO2/c8-7(9)5(11)4-10-3-1-2-6(10)12/h5,7,11H,1-4H2. The molecule has 3 nitrogen and oxygen atoms in total. The second-order valence-electron chi connectivity index (χ2n) is 2.85. The van der Waals surface area contributed by atoms with E-state index in [4.69, 9.17) is 5.11 Å². The number of carbonyl (C=O) groups excluding carboxylic acids is 1. The zero-order chi connectivity index (χ0) is 9.14. The van der Waals surface area contributed by atoms with Gasteiger partial charge >= 0.3 is 0 Å². The number of aliphatic hydroxyl groups excluding tert-OH is 1. The van der Waals surface area contributed by atoms with Crippen LogP contribution in [0.3, 0.4) is 0 Å². The monoisotopic (exact) mass is 179 g/mol. The van der Waals surface area contributed by atoms with Crippen LogP contribution in [0, 0.1) is 0 Å². The molecule has 0 spiro atoms. The van der Waals surface area contributed by atoms with Crippen molar-refractivity contribution in [1.82, 2.24) is 4.90 Å². The zero-order valence-electron chi connectivity index (χ0n) is 6.54. The molecule has 0 saturated carbocycles. The van der Waals surface area contributed by atoms with Gasteiger partial charge in [-0.3, -0.25) is 4.79 Å². The van der Waals surface area contributed by atoms with E-state index in [1.165, 1.54) is 4.90 Å². The highest BCUT2D eigenvalue weighted by Gasteiger charge is 2.26. The third-order valence-corrected chi connectivity index (χ3v) is 1.87. The van der Waals surface area contributed by atoms with Gasteiger partial charge in [0.25, 0.3) is 6.43 Å². The number of rotatable bonds is 3. The van der Waals surface area contributed by atoms with E-state index in [0.29, 0.717) is 19.4 Å². The first-order valence-corrected chi connectivity index (χ1v) is 3.85. The van der Waals surface area contributed by atoms with Crippen LogP contribution < -0.4 is 0 Å². The third-order valence-electron chi connectivity index (χ3n) is 1.87. The van der Waals surface area contributed by atoms with Gasteiger partial charge in [0.15, 0.2) is 0 Å². The van der Waals surface area contributed by atoms with Crippen molar-refractivity contribution in [3.8, 4) is 0 Å². The number of alkyl halides is 2. The Morgan fingerprint density at radius 3 is 2.67 bits per heavy atom. The Morgan fingerprint density at radius 1 is 1.58 bits per heavy atom. The highest BCUT2D eigenvalue weighted by Crippen LogP contribution is 2.12. The lowest BCUT2D eigenvalue weighted by molar-refractivity contribution is -0.130. The summed E-state index contributed by atoms with van der Waals surface area (Å²) >= 11 is 0. The first-order chi connectivity index (χ1) is 5.61. The van der Waals surface area contributed by atoms with Crippen molar-refractivity contribution >= 4 is 5.91 Å². The molecule has 0 radical (unpaired) electrons. The van der Waals surface area contributed by atoms with Crippen molar-refractivity contribution in [2.24, 2.45) is 0 Å². The summed E-state index contributed by atoms with van der Waals surface area (Å²) in [5.74, 6) is -0.144. The summed E-state index contributed by atoms with van der Waals surface area (Å²) in [6.45, 7) is 0.249. The summed E-state index contributed by atoms with van der Waals surface area (Å²) in [6.07, 6.45) is -3.35. The predicted molar refractivity (Wildman–Crippen MR) is 37.8 cm³/mol. The van der Waals surface area contributed by atoms with Crippen molar-refractivity contribution in [3.05, 3.63) is 0 Å². The molecule has 1 saturated heterocycles. The molecule has 1 aliphatic heterocycles. The molecule has 1 N–H and O–H groups in total. The van der Waals surface area contributed by atoms with E-state index in [1.54, 1.807) is 0 Å². The van der Waals surface area contributed by atoms with E-state index in [-0.39, 0.29) is 12.5 Å². The lowest BCUT2D eigenvalue weighted by atomic mass is 10.3. The lowest BCUT2D eigenvalue weighted by Crippen LogP contribution is -2.36. The summed E-state index contributed by atoms with van der Waals surface area (Å²) in [5, 5.41) is 8.76. The van der Waals surface area contributed by atoms with Crippen LogP contribution in [0.15, 0.2) is 0 Å². The van der Waals surface area contributed by atoms with Crippen LogP contribution in [0.1, 0.15) is 12.8 Å². The molecule has 70 valence electrons. The van der Waals surface area contributed by atoms with E-state index >= 15 is 0 Å². The first-order valence-electron chi connectivity index (χ1n) is 3.85. The van der Waals surface area contributed by atoms with Crippen LogP contribution in [0.2, 0.25) is 0 Å². The smallest absolute Gasteiger partial charge is 0.265 e. The Morgan fingerprint density at radius 2 is 2.25 bits per heavy atom. The topological polar surface area (TPSA) is 40.5 Å². The minimum atomic E-state index is -2.77. The van der Waals surface area contributed by atoms with Crippen molar-refractivity contribution in [3.63, 3.8) is 0 Å². The van der Waals surface area contributed by atoms with Gasteiger partial charge in [-0.25, -0.2) is 8.78 Å². The Bertz CT molecular complexity index is 175. The summed E-state index contributed by atoms with van der Waals surface area (Å²) in [5.41, 5.74) is 0. The number of carbonyl (C=O) groups is 1. The van der Waals surface area contributed by atoms with Gasteiger partial charge in [0, 0.05) is 13.0 Å². The van der Waals surface area contributed by atoms with Crippen molar-refractivity contribution < 1.29 is 18.7 Å². The van der Waals surface area contributed by atoms with Crippen LogP contribution in [0.5, 0.6) is 0 Å². The molecular weight excluding hydrogens is 168 g/mol. The molecule has 1 fully saturated rings. The van der Waals surface area contributed by atoms with E-state index in [9.17, 15) is 13.6 Å². The number of hydrogen-bond donors (Lipinski definition) is 1. The maximum atomic E-state index is 11.8. The van der Waals surface area contributed by atoms with Gasteiger partial charge in [0.05, 0.1) is 6.54 Å². The van der Waals surface area contributed by atoms with Crippen LogP contribution >= 0.6 is 0 Å². The molecule has 1 heterocycles. The molecule has 5 heteroatoms. The molecule has 1 amide bonds. The SMILES string of the molecule is O=C1CCCN1CC(O)C(F)F. The van der Waals surface area contributed by atoms with Crippen molar-refractivity contribution in [2.45, 2.75) is 25.4 Å². The molecule has 0 aromatic heterocycles. The fourth-order valence-electron chi connectivity index (χ4n) is 1.20. The molecule has 0 aromatic rings. The number of β-amino-alcohol motifs (C(OH)–C–C–N with tert-alkyl or cyclic N) is 1. The fraction of sp³-hybridized carbons (Fsp3) is 0.857. The Hall–Kier alpha value is -0.710. The molecule has 1 rings (SSSR count). The van der Waals surface area contributed by atoms with E-state index in [0.717, 1.165) is 0 Å². The first kappa shape index (κ1) is 9.38. The van der Waals surface area contributed by atoms with Gasteiger partial charge in [-0.05, 0) is 6.42 Å². The molecule has 0 aliphatic carbocycles. The average Bonchev–Trinajstić information content (AvgIpc) is 2.36. The average molecular weight is 179 g/mol. The predicted octanol–water partition coefficient (Wildman–Crippen LogP) is 0.235. The summed E-state index contributed by atoms with van der Waals surface area (Å²) in [4.78, 5) is 12.2. The van der Waals surface area contributed by atoms with Gasteiger partial charge in [-0.1, -0.05) is 0 Å². The van der Waals surface area contributed by atoms with Gasteiger partial charge in [-0.15, -0.1) is 0 Å². The lowest BCUT2D eigenvalue weighted by Gasteiger charge is -2.18. The van der Waals surface area contributed by atoms with E-state index in [1.807, 2.05) is 0 Å². The van der Waals surface area contributed by atoms with Gasteiger partial charge in [0.1, 0.15) is 6.10 Å². The second-order valence-corrected chi connectivity index (χ2v) is 2.85. The minimum Gasteiger partial charge on any atom is -0.385 e. The number of halogens is 2. The summed E-state index contributed by atoms with van der Waals surface area (Å²) < 4.78 is 23.6. The summed E-state index contributed by atoms with van der Waals surface area (Å²) in [6, 6.07) is 0. The van der Waals surface area contributed by atoms with Crippen molar-refractivity contribution in [2.75, 3.05) is 13.1 Å². The molecule has 1 aliphatic rings. The fourth-order valence-corrected chi connectivity index (χ4v) is 1.20. The minimum absolute atomic E-state index is 0.144. The van der Waals surface area contributed by atoms with Crippen LogP contribution in [0.25, 0.3) is 0 Å². The third kappa shape index (κ3) is 2.14. The molecule has 1 atom stereocenters. The van der Waals surface area contributed by atoms with E-state index in [2.05, 4.69) is 0 Å². The summed E-state index contributed by atoms with van der Waals surface area (Å²) in [7, 11) is 0. The number of aliphatic hydroxyl groups is 1. The van der Waals surface area contributed by atoms with Crippen molar-refractivity contribution in [1.29, 1.82) is 0 Å². The quantitative estimate of drug-likeness (QED) is 0.674. The number of likely N-dealkylation sites (tertiary alicyclic amines) is 1.